The summed E-state index contributed by atoms with van der Waals surface area (Å²) < 4.78 is 40.2. The Labute approximate surface area is 87.8 Å². The van der Waals surface area contributed by atoms with Gasteiger partial charge in [0.15, 0.2) is 0 Å². The summed E-state index contributed by atoms with van der Waals surface area (Å²) in [5.74, 6) is -0.112. The van der Waals surface area contributed by atoms with Gasteiger partial charge in [-0.15, -0.1) is 0 Å². The van der Waals surface area contributed by atoms with E-state index in [1.54, 1.807) is 0 Å². The van der Waals surface area contributed by atoms with Crippen molar-refractivity contribution in [1.82, 2.24) is 0 Å². The first-order valence-corrected chi connectivity index (χ1v) is 5.12. The van der Waals surface area contributed by atoms with Gasteiger partial charge in [0.2, 0.25) is 0 Å². The zero-order valence-electron chi connectivity index (χ0n) is 8.90. The van der Waals surface area contributed by atoms with Gasteiger partial charge in [-0.1, -0.05) is 0 Å². The number of carbonyl (C=O) groups excluding carboxylic acids is 1. The molecule has 15 heavy (non-hydrogen) atoms. The van der Waals surface area contributed by atoms with Crippen LogP contribution >= 0.6 is 0 Å². The molecule has 0 N–H and O–H groups in total. The SMILES string of the molecule is CCOCCCC(=O)CCCC(F)(F)F. The van der Waals surface area contributed by atoms with Crippen LogP contribution in [0.5, 0.6) is 0 Å². The lowest BCUT2D eigenvalue weighted by molar-refractivity contribution is -0.137. The lowest BCUT2D eigenvalue weighted by atomic mass is 10.1. The molecule has 0 aromatic heterocycles. The summed E-state index contributed by atoms with van der Waals surface area (Å²) in [5.41, 5.74) is 0. The van der Waals surface area contributed by atoms with E-state index >= 15 is 0 Å². The number of Topliss-reactive ketones (excluding diaryl/α,β-unsaturated/α-hetero) is 1. The Hall–Kier alpha value is -0.580. The lowest BCUT2D eigenvalue weighted by Gasteiger charge is -2.05. The van der Waals surface area contributed by atoms with E-state index in [-0.39, 0.29) is 18.6 Å². The van der Waals surface area contributed by atoms with Crippen LogP contribution in [0.15, 0.2) is 0 Å². The maximum absolute atomic E-state index is 11.7. The second-order valence-corrected chi connectivity index (χ2v) is 3.31. The summed E-state index contributed by atoms with van der Waals surface area (Å²) >= 11 is 0. The topological polar surface area (TPSA) is 26.3 Å². The zero-order chi connectivity index (χ0) is 11.7. The van der Waals surface area contributed by atoms with Crippen LogP contribution in [0.1, 0.15) is 39.0 Å². The summed E-state index contributed by atoms with van der Waals surface area (Å²) in [6, 6.07) is 0. The highest BCUT2D eigenvalue weighted by Gasteiger charge is 2.26. The largest absolute Gasteiger partial charge is 0.389 e. The fraction of sp³-hybridized carbons (Fsp3) is 0.900. The minimum atomic E-state index is -4.15. The number of carbonyl (C=O) groups is 1. The van der Waals surface area contributed by atoms with Crippen LogP contribution in [-0.2, 0) is 9.53 Å². The first-order valence-electron chi connectivity index (χ1n) is 5.12. The van der Waals surface area contributed by atoms with Crippen molar-refractivity contribution in [3.05, 3.63) is 0 Å². The first-order chi connectivity index (χ1) is 6.95. The lowest BCUT2D eigenvalue weighted by Crippen LogP contribution is -2.08. The Bertz CT molecular complexity index is 178. The van der Waals surface area contributed by atoms with E-state index in [9.17, 15) is 18.0 Å². The molecule has 0 aromatic carbocycles. The number of ether oxygens (including phenoxy) is 1. The second-order valence-electron chi connectivity index (χ2n) is 3.31. The number of rotatable bonds is 8. The van der Waals surface area contributed by atoms with Crippen LogP contribution in [0, 0.1) is 0 Å². The summed E-state index contributed by atoms with van der Waals surface area (Å²) in [5, 5.41) is 0. The predicted molar refractivity (Wildman–Crippen MR) is 50.6 cm³/mol. The molecule has 0 rings (SSSR count). The highest BCUT2D eigenvalue weighted by atomic mass is 19.4. The summed E-state index contributed by atoms with van der Waals surface area (Å²) in [6.07, 6.45) is -4.19. The molecule has 0 heterocycles. The molecule has 0 saturated carbocycles. The van der Waals surface area contributed by atoms with Gasteiger partial charge in [-0.25, -0.2) is 0 Å². The Morgan fingerprint density at radius 3 is 2.33 bits per heavy atom. The molecule has 90 valence electrons. The smallest absolute Gasteiger partial charge is 0.382 e. The summed E-state index contributed by atoms with van der Waals surface area (Å²) in [6.45, 7) is 2.95. The van der Waals surface area contributed by atoms with E-state index in [1.807, 2.05) is 6.92 Å². The Morgan fingerprint density at radius 1 is 1.20 bits per heavy atom. The van der Waals surface area contributed by atoms with Crippen molar-refractivity contribution in [2.24, 2.45) is 0 Å². The molecular formula is C10H17F3O2. The van der Waals surface area contributed by atoms with Crippen molar-refractivity contribution in [3.8, 4) is 0 Å². The molecule has 0 saturated heterocycles. The molecule has 0 bridgehead atoms. The normalized spacial score (nSPS) is 11.7. The van der Waals surface area contributed by atoms with Gasteiger partial charge in [0.05, 0.1) is 0 Å². The average molecular weight is 226 g/mol. The van der Waals surface area contributed by atoms with Gasteiger partial charge < -0.3 is 4.74 Å². The Balaban J connectivity index is 3.34. The molecule has 0 fully saturated rings. The Kier molecular flexibility index (Phi) is 7.38. The second kappa shape index (κ2) is 7.68. The van der Waals surface area contributed by atoms with E-state index < -0.39 is 12.6 Å². The van der Waals surface area contributed by atoms with Gasteiger partial charge in [0.25, 0.3) is 0 Å². The van der Waals surface area contributed by atoms with E-state index in [2.05, 4.69) is 0 Å². The highest BCUT2D eigenvalue weighted by Crippen LogP contribution is 2.22. The third-order valence-corrected chi connectivity index (χ3v) is 1.86. The van der Waals surface area contributed by atoms with Crippen LogP contribution < -0.4 is 0 Å². The molecule has 0 atom stereocenters. The molecule has 0 spiro atoms. The summed E-state index contributed by atoms with van der Waals surface area (Å²) in [4.78, 5) is 11.1. The minimum Gasteiger partial charge on any atom is -0.382 e. The molecule has 0 amide bonds. The molecule has 0 radical (unpaired) electrons. The van der Waals surface area contributed by atoms with E-state index in [4.69, 9.17) is 4.74 Å². The molecule has 0 unspecified atom stereocenters. The van der Waals surface area contributed by atoms with E-state index in [0.29, 0.717) is 26.1 Å². The van der Waals surface area contributed by atoms with Gasteiger partial charge in [-0.05, 0) is 19.8 Å². The molecule has 2 nitrogen and oxygen atoms in total. The van der Waals surface area contributed by atoms with Crippen molar-refractivity contribution in [2.45, 2.75) is 45.2 Å². The van der Waals surface area contributed by atoms with Gasteiger partial charge >= 0.3 is 6.18 Å². The van der Waals surface area contributed by atoms with E-state index in [0.717, 1.165) is 0 Å². The van der Waals surface area contributed by atoms with Crippen molar-refractivity contribution in [2.75, 3.05) is 13.2 Å². The molecule has 0 aliphatic heterocycles. The van der Waals surface area contributed by atoms with Gasteiger partial charge in [0.1, 0.15) is 5.78 Å². The number of ketones is 1. The van der Waals surface area contributed by atoms with Crippen LogP contribution in [0.4, 0.5) is 13.2 Å². The maximum Gasteiger partial charge on any atom is 0.389 e. The fourth-order valence-electron chi connectivity index (χ4n) is 1.13. The zero-order valence-corrected chi connectivity index (χ0v) is 8.90. The minimum absolute atomic E-state index is 0.0195. The molecule has 5 heteroatoms. The quantitative estimate of drug-likeness (QED) is 0.594. The van der Waals surface area contributed by atoms with Gasteiger partial charge in [-0.2, -0.15) is 13.2 Å². The third kappa shape index (κ3) is 11.3. The molecule has 0 aromatic rings. The van der Waals surface area contributed by atoms with Gasteiger partial charge in [0, 0.05) is 32.5 Å². The molecule has 0 aliphatic carbocycles. The molecular weight excluding hydrogens is 209 g/mol. The van der Waals surface area contributed by atoms with Crippen LogP contribution in [0.25, 0.3) is 0 Å². The van der Waals surface area contributed by atoms with Crippen LogP contribution in [-0.4, -0.2) is 25.2 Å². The number of hydrogen-bond donors (Lipinski definition) is 0. The number of halogens is 3. The third-order valence-electron chi connectivity index (χ3n) is 1.86. The summed E-state index contributed by atoms with van der Waals surface area (Å²) in [7, 11) is 0. The number of hydrogen-bond acceptors (Lipinski definition) is 2. The van der Waals surface area contributed by atoms with E-state index in [1.165, 1.54) is 0 Å². The predicted octanol–water partition coefficient (Wildman–Crippen LogP) is 3.10. The maximum atomic E-state index is 11.7. The van der Waals surface area contributed by atoms with Crippen LogP contribution in [0.3, 0.4) is 0 Å². The highest BCUT2D eigenvalue weighted by molar-refractivity contribution is 5.78. The Morgan fingerprint density at radius 2 is 1.80 bits per heavy atom. The van der Waals surface area contributed by atoms with Gasteiger partial charge in [-0.3, -0.25) is 4.79 Å². The fourth-order valence-corrected chi connectivity index (χ4v) is 1.13. The standard InChI is InChI=1S/C10H17F3O2/c1-2-15-8-4-6-9(14)5-3-7-10(11,12)13/h2-8H2,1H3. The van der Waals surface area contributed by atoms with Crippen LogP contribution in [0.2, 0.25) is 0 Å². The average Bonchev–Trinajstić information content (AvgIpc) is 2.10. The monoisotopic (exact) mass is 226 g/mol. The van der Waals surface area contributed by atoms with Crippen molar-refractivity contribution in [1.29, 1.82) is 0 Å². The molecule has 0 aliphatic rings. The van der Waals surface area contributed by atoms with Crippen molar-refractivity contribution >= 4 is 5.78 Å². The first kappa shape index (κ1) is 14.4. The van der Waals surface area contributed by atoms with Crippen molar-refractivity contribution in [3.63, 3.8) is 0 Å². The van der Waals surface area contributed by atoms with Crippen molar-refractivity contribution < 1.29 is 22.7 Å². The number of alkyl halides is 3.